The summed E-state index contributed by atoms with van der Waals surface area (Å²) >= 11 is 0. The summed E-state index contributed by atoms with van der Waals surface area (Å²) in [5, 5.41) is 13.7. The van der Waals surface area contributed by atoms with Crippen LogP contribution in [0.2, 0.25) is 0 Å². The van der Waals surface area contributed by atoms with Gasteiger partial charge in [0.25, 0.3) is 0 Å². The van der Waals surface area contributed by atoms with Crippen molar-refractivity contribution in [3.8, 4) is 5.88 Å². The monoisotopic (exact) mass is 340 g/mol. The highest BCUT2D eigenvalue weighted by Gasteiger charge is 2.41. The number of hydrogen-bond acceptors (Lipinski definition) is 6. The van der Waals surface area contributed by atoms with Crippen LogP contribution < -0.4 is 4.74 Å². The minimum Gasteiger partial charge on any atom is -0.477 e. The van der Waals surface area contributed by atoms with Crippen molar-refractivity contribution in [3.63, 3.8) is 0 Å². The Kier molecular flexibility index (Phi) is 5.37. The molecule has 2 heterocycles. The second-order valence-corrected chi connectivity index (χ2v) is 6.02. The van der Waals surface area contributed by atoms with E-state index < -0.39 is 11.8 Å². The first-order valence-corrected chi connectivity index (χ1v) is 8.44. The van der Waals surface area contributed by atoms with Crippen LogP contribution in [0.25, 0.3) is 0 Å². The van der Waals surface area contributed by atoms with Crippen LogP contribution in [0.5, 0.6) is 5.88 Å². The van der Waals surface area contributed by atoms with Crippen molar-refractivity contribution < 1.29 is 28.8 Å². The molecule has 1 aliphatic heterocycles. The van der Waals surface area contributed by atoms with Gasteiger partial charge in [-0.15, -0.1) is 5.10 Å². The molecule has 8 nitrogen and oxygen atoms in total. The predicted molar refractivity (Wildman–Crippen MR) is 83.3 cm³/mol. The summed E-state index contributed by atoms with van der Waals surface area (Å²) in [6.45, 7) is 4.47. The van der Waals surface area contributed by atoms with Crippen LogP contribution >= 0.6 is 0 Å². The zero-order valence-corrected chi connectivity index (χ0v) is 13.9. The number of carbonyl (C=O) groups is 1. The summed E-state index contributed by atoms with van der Waals surface area (Å²) < 4.78 is 23.8. The van der Waals surface area contributed by atoms with Crippen molar-refractivity contribution in [1.82, 2.24) is 9.78 Å². The predicted octanol–water partition coefficient (Wildman–Crippen LogP) is 1.85. The quantitative estimate of drug-likeness (QED) is 0.757. The number of rotatable bonds is 7. The maximum absolute atomic E-state index is 11.4. The van der Waals surface area contributed by atoms with Crippen LogP contribution in [0.15, 0.2) is 6.20 Å². The van der Waals surface area contributed by atoms with Gasteiger partial charge in [-0.25, -0.2) is 4.79 Å². The number of hydrogen-bond donors (Lipinski definition) is 1. The second-order valence-electron chi connectivity index (χ2n) is 6.02. The van der Waals surface area contributed by atoms with Crippen molar-refractivity contribution in [3.05, 3.63) is 11.8 Å². The van der Waals surface area contributed by atoms with Crippen LogP contribution in [0, 0.1) is 0 Å². The molecule has 1 aromatic heterocycles. The van der Waals surface area contributed by atoms with Gasteiger partial charge in [-0.3, -0.25) is 4.68 Å². The normalized spacial score (nSPS) is 20.5. The first-order chi connectivity index (χ1) is 11.6. The molecular weight excluding hydrogens is 316 g/mol. The number of ether oxygens (including phenoxy) is 4. The highest BCUT2D eigenvalue weighted by atomic mass is 16.7. The first-order valence-electron chi connectivity index (χ1n) is 8.44. The van der Waals surface area contributed by atoms with Gasteiger partial charge in [-0.1, -0.05) is 0 Å². The van der Waals surface area contributed by atoms with Gasteiger partial charge >= 0.3 is 5.97 Å². The third kappa shape index (κ3) is 3.71. The third-order valence-electron chi connectivity index (χ3n) is 4.50. The molecule has 1 spiro atoms. The Bertz CT molecular complexity index is 557. The number of aromatic carboxylic acids is 1. The van der Waals surface area contributed by atoms with Gasteiger partial charge in [-0.2, -0.15) is 0 Å². The average Bonchev–Trinajstić information content (AvgIpc) is 3.20. The minimum atomic E-state index is -1.04. The lowest BCUT2D eigenvalue weighted by atomic mass is 9.90. The molecule has 2 aliphatic rings. The summed E-state index contributed by atoms with van der Waals surface area (Å²) in [6.07, 6.45) is 4.80. The number of carboxylic acids is 1. The van der Waals surface area contributed by atoms with E-state index in [-0.39, 0.29) is 24.1 Å². The molecule has 0 amide bonds. The van der Waals surface area contributed by atoms with Gasteiger partial charge in [0.1, 0.15) is 12.2 Å². The van der Waals surface area contributed by atoms with E-state index in [1.165, 1.54) is 0 Å². The summed E-state index contributed by atoms with van der Waals surface area (Å²) in [5.41, 5.74) is 0.0835. The molecule has 134 valence electrons. The Morgan fingerprint density at radius 1 is 1.38 bits per heavy atom. The molecule has 0 radical (unpaired) electrons. The molecule has 0 bridgehead atoms. The summed E-state index contributed by atoms with van der Waals surface area (Å²) in [7, 11) is 0. The molecule has 1 saturated heterocycles. The Balaban J connectivity index is 1.64. The summed E-state index contributed by atoms with van der Waals surface area (Å²) in [6, 6.07) is 0.130. The van der Waals surface area contributed by atoms with E-state index in [4.69, 9.17) is 18.9 Å². The van der Waals surface area contributed by atoms with E-state index in [0.717, 1.165) is 25.7 Å². The van der Waals surface area contributed by atoms with Crippen LogP contribution in [-0.2, 0) is 14.2 Å². The van der Waals surface area contributed by atoms with Crippen LogP contribution in [0.3, 0.4) is 0 Å². The number of nitrogens with zero attached hydrogens (tertiary/aromatic N) is 2. The van der Waals surface area contributed by atoms with Gasteiger partial charge in [-0.05, 0) is 19.8 Å². The fourth-order valence-corrected chi connectivity index (χ4v) is 3.25. The SMILES string of the molecule is CCOCCOc1nn(C2CCC3(CC2)OCCO3)cc1C(=O)O. The molecule has 24 heavy (non-hydrogen) atoms. The smallest absolute Gasteiger partial charge is 0.342 e. The Hall–Kier alpha value is -1.64. The highest BCUT2D eigenvalue weighted by Crippen LogP contribution is 2.40. The molecule has 0 unspecified atom stereocenters. The first kappa shape index (κ1) is 17.2. The molecule has 0 atom stereocenters. The van der Waals surface area contributed by atoms with Crippen molar-refractivity contribution in [2.45, 2.75) is 44.4 Å². The largest absolute Gasteiger partial charge is 0.477 e. The Morgan fingerprint density at radius 2 is 2.08 bits per heavy atom. The zero-order chi connectivity index (χ0) is 17.0. The Morgan fingerprint density at radius 3 is 2.71 bits per heavy atom. The van der Waals surface area contributed by atoms with Gasteiger partial charge in [0.2, 0.25) is 5.88 Å². The maximum Gasteiger partial charge on any atom is 0.342 e. The standard InChI is InChI=1S/C16H24N2O6/c1-2-21-7-8-22-14-13(15(19)20)11-18(17-14)12-3-5-16(6-4-12)23-9-10-24-16/h11-12H,2-10H2,1H3,(H,19,20). The minimum absolute atomic E-state index is 0.0835. The van der Waals surface area contributed by atoms with Gasteiger partial charge in [0.15, 0.2) is 5.79 Å². The van der Waals surface area contributed by atoms with Crippen molar-refractivity contribution in [2.24, 2.45) is 0 Å². The molecule has 0 aromatic carbocycles. The molecule has 8 heteroatoms. The van der Waals surface area contributed by atoms with Gasteiger partial charge in [0.05, 0.1) is 25.9 Å². The van der Waals surface area contributed by atoms with E-state index in [1.54, 1.807) is 10.9 Å². The van der Waals surface area contributed by atoms with E-state index in [0.29, 0.717) is 26.4 Å². The highest BCUT2D eigenvalue weighted by molar-refractivity contribution is 5.89. The molecular formula is C16H24N2O6. The maximum atomic E-state index is 11.4. The third-order valence-corrected chi connectivity index (χ3v) is 4.50. The van der Waals surface area contributed by atoms with E-state index >= 15 is 0 Å². The fourth-order valence-electron chi connectivity index (χ4n) is 3.25. The topological polar surface area (TPSA) is 92.0 Å². The molecule has 1 saturated carbocycles. The van der Waals surface area contributed by atoms with E-state index in [9.17, 15) is 9.90 Å². The molecule has 1 N–H and O–H groups in total. The molecule has 3 rings (SSSR count). The van der Waals surface area contributed by atoms with Gasteiger partial charge < -0.3 is 24.1 Å². The summed E-state index contributed by atoms with van der Waals surface area (Å²) in [5.74, 6) is -1.32. The number of aromatic nitrogens is 2. The lowest BCUT2D eigenvalue weighted by Gasteiger charge is -2.35. The second kappa shape index (κ2) is 7.50. The zero-order valence-electron chi connectivity index (χ0n) is 13.9. The van der Waals surface area contributed by atoms with E-state index in [1.807, 2.05) is 6.92 Å². The van der Waals surface area contributed by atoms with Crippen LogP contribution in [0.1, 0.15) is 49.0 Å². The van der Waals surface area contributed by atoms with E-state index in [2.05, 4.69) is 5.10 Å². The average molecular weight is 340 g/mol. The lowest BCUT2D eigenvalue weighted by molar-refractivity contribution is -0.181. The Labute approximate surface area is 140 Å². The number of carboxylic acid groups (broad SMARTS) is 1. The lowest BCUT2D eigenvalue weighted by Crippen LogP contribution is -2.35. The van der Waals surface area contributed by atoms with Crippen molar-refractivity contribution in [1.29, 1.82) is 0 Å². The van der Waals surface area contributed by atoms with Crippen LogP contribution in [-0.4, -0.2) is 59.7 Å². The molecule has 1 aliphatic carbocycles. The van der Waals surface area contributed by atoms with Gasteiger partial charge in [0, 0.05) is 25.6 Å². The van der Waals surface area contributed by atoms with Crippen LogP contribution in [0.4, 0.5) is 0 Å². The molecule has 2 fully saturated rings. The fraction of sp³-hybridized carbons (Fsp3) is 0.750. The molecule has 1 aromatic rings. The van der Waals surface area contributed by atoms with Crippen molar-refractivity contribution in [2.75, 3.05) is 33.0 Å². The van der Waals surface area contributed by atoms with Crippen molar-refractivity contribution >= 4 is 5.97 Å². The summed E-state index contributed by atoms with van der Waals surface area (Å²) in [4.78, 5) is 11.4.